The fourth-order valence-corrected chi connectivity index (χ4v) is 2.96. The molecule has 0 spiro atoms. The summed E-state index contributed by atoms with van der Waals surface area (Å²) in [7, 11) is -3.59. The van der Waals surface area contributed by atoms with Crippen molar-refractivity contribution in [3.05, 3.63) is 29.8 Å². The summed E-state index contributed by atoms with van der Waals surface area (Å²) in [5.41, 5.74) is 0.438. The van der Waals surface area contributed by atoms with Crippen LogP contribution in [0.3, 0.4) is 0 Å². The van der Waals surface area contributed by atoms with Crippen LogP contribution in [0.15, 0.2) is 29.1 Å². The molecule has 1 aliphatic rings. The van der Waals surface area contributed by atoms with E-state index in [1.807, 2.05) is 0 Å². The topological polar surface area (TPSA) is 37.4 Å². The maximum atomic E-state index is 11.9. The normalized spacial score (nSPS) is 29.8. The van der Waals surface area contributed by atoms with Crippen LogP contribution in [0.2, 0.25) is 0 Å². The fraction of sp³-hybridized carbons (Fsp3) is 0.600. The average molecular weight is 289 g/mol. The van der Waals surface area contributed by atoms with Gasteiger partial charge in [-0.2, -0.15) is 0 Å². The number of benzene rings is 1. The van der Waals surface area contributed by atoms with E-state index in [-0.39, 0.29) is 24.0 Å². The maximum absolute atomic E-state index is 11.9. The number of hydrogen-bond acceptors (Lipinski definition) is 3. The van der Waals surface area contributed by atoms with E-state index in [0.29, 0.717) is 18.4 Å². The molecular formula is C15H23NO2S. The van der Waals surface area contributed by atoms with E-state index >= 15 is 0 Å². The molecule has 1 aromatic carbocycles. The standard InChI is InChI=1S/C15H23NO2S/c1-3-9-16-10-5-7-14(12-16)13-6-4-8-15(11-13)19(2,17)18/h4,6,8,11,14H,3,5,7,9-10,12H2,1-2H3/t14-/m1/s1/i1D3,3D2,9D2,11D. The third kappa shape index (κ3) is 3.80. The van der Waals surface area contributed by atoms with Crippen LogP contribution in [0.25, 0.3) is 0 Å². The summed E-state index contributed by atoms with van der Waals surface area (Å²) >= 11 is 0. The first-order valence-electron chi connectivity index (χ1n) is 10.2. The molecule has 1 aromatic rings. The predicted octanol–water partition coefficient (Wildman–Crippen LogP) is 2.68. The molecule has 1 heterocycles. The van der Waals surface area contributed by atoms with Gasteiger partial charge in [0.05, 0.1) is 6.27 Å². The van der Waals surface area contributed by atoms with E-state index in [2.05, 4.69) is 0 Å². The van der Waals surface area contributed by atoms with Crippen molar-refractivity contribution in [2.24, 2.45) is 0 Å². The Morgan fingerprint density at radius 3 is 3.16 bits per heavy atom. The molecule has 0 bridgehead atoms. The minimum Gasteiger partial charge on any atom is -0.303 e. The lowest BCUT2D eigenvalue weighted by Crippen LogP contribution is -2.34. The van der Waals surface area contributed by atoms with Gasteiger partial charge in [-0.05, 0) is 55.8 Å². The molecule has 0 saturated carbocycles. The summed E-state index contributed by atoms with van der Waals surface area (Å²) in [4.78, 5) is 1.04. The van der Waals surface area contributed by atoms with Crippen LogP contribution in [0.1, 0.15) is 48.5 Å². The third-order valence-corrected chi connectivity index (χ3v) is 4.30. The number of rotatable bonds is 4. The Morgan fingerprint density at radius 1 is 1.58 bits per heavy atom. The van der Waals surface area contributed by atoms with Crippen molar-refractivity contribution in [2.75, 3.05) is 25.8 Å². The van der Waals surface area contributed by atoms with E-state index in [0.717, 1.165) is 11.2 Å². The Hall–Kier alpha value is -0.870. The van der Waals surface area contributed by atoms with Crippen molar-refractivity contribution < 1.29 is 19.4 Å². The molecule has 3 nitrogen and oxygen atoms in total. The Labute approximate surface area is 127 Å². The van der Waals surface area contributed by atoms with E-state index in [1.54, 1.807) is 6.07 Å². The second-order valence-corrected chi connectivity index (χ2v) is 6.75. The van der Waals surface area contributed by atoms with Crippen molar-refractivity contribution in [1.82, 2.24) is 4.90 Å². The number of piperidine rings is 1. The second-order valence-electron chi connectivity index (χ2n) is 4.76. The average Bonchev–Trinajstić information content (AvgIpc) is 2.52. The van der Waals surface area contributed by atoms with Gasteiger partial charge < -0.3 is 4.90 Å². The van der Waals surface area contributed by atoms with Gasteiger partial charge in [0.25, 0.3) is 0 Å². The molecule has 0 amide bonds. The highest BCUT2D eigenvalue weighted by Crippen LogP contribution is 2.28. The van der Waals surface area contributed by atoms with Crippen molar-refractivity contribution in [2.45, 2.75) is 36.9 Å². The number of likely N-dealkylation sites (tertiary alicyclic amines) is 1. The first-order chi connectivity index (χ1) is 12.1. The molecule has 0 radical (unpaired) electrons. The van der Waals surface area contributed by atoms with Crippen LogP contribution in [-0.2, 0) is 9.84 Å². The van der Waals surface area contributed by atoms with Crippen LogP contribution in [-0.4, -0.2) is 39.2 Å². The zero-order chi connectivity index (χ0) is 20.8. The molecule has 19 heavy (non-hydrogen) atoms. The van der Waals surface area contributed by atoms with E-state index < -0.39 is 35.5 Å². The summed E-state index contributed by atoms with van der Waals surface area (Å²) in [6, 6.07) is 4.33. The first-order valence-corrected chi connectivity index (χ1v) is 8.04. The Kier molecular flexibility index (Phi) is 2.30. The van der Waals surface area contributed by atoms with Crippen LogP contribution in [0, 0.1) is 0 Å². The van der Waals surface area contributed by atoms with Gasteiger partial charge in [-0.1, -0.05) is 19.0 Å². The summed E-state index contributed by atoms with van der Waals surface area (Å²) in [5.74, 6) is -0.393. The molecule has 4 heteroatoms. The molecule has 0 aromatic heterocycles. The Bertz CT molecular complexity index is 807. The van der Waals surface area contributed by atoms with E-state index in [1.165, 1.54) is 12.1 Å². The molecule has 1 aliphatic heterocycles. The summed E-state index contributed by atoms with van der Waals surface area (Å²) in [5, 5.41) is 0. The maximum Gasteiger partial charge on any atom is 0.175 e. The Balaban J connectivity index is 2.38. The lowest BCUT2D eigenvalue weighted by molar-refractivity contribution is 0.208. The molecule has 1 saturated heterocycles. The minimum absolute atomic E-state index is 0.00167. The SMILES string of the molecule is [2H]c1c([C@@H]2CCCN(C([2H])([2H])C([2H])([2H])C([2H])([2H])[2H])C2)cccc1S(C)(=O)=O. The van der Waals surface area contributed by atoms with Gasteiger partial charge in [0.1, 0.15) is 0 Å². The van der Waals surface area contributed by atoms with Gasteiger partial charge in [-0.3, -0.25) is 0 Å². The molecule has 1 atom stereocenters. The van der Waals surface area contributed by atoms with Crippen molar-refractivity contribution >= 4 is 9.84 Å². The highest BCUT2D eigenvalue weighted by molar-refractivity contribution is 7.90. The number of sulfone groups is 1. The van der Waals surface area contributed by atoms with Gasteiger partial charge in [0.2, 0.25) is 0 Å². The number of hydrogen-bond donors (Lipinski definition) is 0. The van der Waals surface area contributed by atoms with E-state index in [9.17, 15) is 8.42 Å². The zero-order valence-electron chi connectivity index (χ0n) is 18.8. The van der Waals surface area contributed by atoms with Crippen LogP contribution in [0.4, 0.5) is 0 Å². The van der Waals surface area contributed by atoms with Gasteiger partial charge >= 0.3 is 0 Å². The molecule has 106 valence electrons. The van der Waals surface area contributed by atoms with Crippen LogP contribution >= 0.6 is 0 Å². The van der Waals surface area contributed by atoms with Gasteiger partial charge in [-0.15, -0.1) is 0 Å². The quantitative estimate of drug-likeness (QED) is 0.855. The largest absolute Gasteiger partial charge is 0.303 e. The lowest BCUT2D eigenvalue weighted by Gasteiger charge is -2.32. The molecule has 2 rings (SSSR count). The molecular weight excluding hydrogens is 258 g/mol. The van der Waals surface area contributed by atoms with Crippen LogP contribution in [0.5, 0.6) is 0 Å². The Morgan fingerprint density at radius 2 is 2.42 bits per heavy atom. The van der Waals surface area contributed by atoms with Gasteiger partial charge in [0, 0.05) is 22.4 Å². The fourth-order valence-electron chi connectivity index (χ4n) is 2.33. The lowest BCUT2D eigenvalue weighted by atomic mass is 9.90. The summed E-state index contributed by atoms with van der Waals surface area (Å²) in [6.07, 6.45) is -1.02. The highest BCUT2D eigenvalue weighted by Gasteiger charge is 2.21. The van der Waals surface area contributed by atoms with E-state index in [4.69, 9.17) is 11.0 Å². The zero-order valence-corrected chi connectivity index (χ0v) is 11.6. The summed E-state index contributed by atoms with van der Waals surface area (Å²) in [6.45, 7) is -5.70. The van der Waals surface area contributed by atoms with Gasteiger partial charge in [-0.25, -0.2) is 8.42 Å². The number of nitrogens with zero attached hydrogens (tertiary/aromatic N) is 1. The highest BCUT2D eigenvalue weighted by atomic mass is 32.2. The molecule has 0 N–H and O–H groups in total. The van der Waals surface area contributed by atoms with Gasteiger partial charge in [0.15, 0.2) is 9.84 Å². The predicted molar refractivity (Wildman–Crippen MR) is 78.3 cm³/mol. The monoisotopic (exact) mass is 289 g/mol. The minimum atomic E-state index is -3.59. The van der Waals surface area contributed by atoms with Crippen molar-refractivity contribution in [1.29, 1.82) is 0 Å². The second kappa shape index (κ2) is 6.06. The first kappa shape index (κ1) is 7.23. The van der Waals surface area contributed by atoms with Crippen LogP contribution < -0.4 is 0 Å². The third-order valence-electron chi connectivity index (χ3n) is 3.27. The smallest absolute Gasteiger partial charge is 0.175 e. The van der Waals surface area contributed by atoms with Crippen molar-refractivity contribution in [3.8, 4) is 0 Å². The van der Waals surface area contributed by atoms with Crippen molar-refractivity contribution in [3.63, 3.8) is 0 Å². The summed E-state index contributed by atoms with van der Waals surface area (Å²) < 4.78 is 85.9. The molecule has 0 unspecified atom stereocenters. The molecule has 1 fully saturated rings. The molecule has 0 aliphatic carbocycles.